The second-order valence-corrected chi connectivity index (χ2v) is 24.8. The summed E-state index contributed by atoms with van der Waals surface area (Å²) < 4.78 is 44.4. The number of alkyl halides is 1. The molecule has 14 heteroatoms. The van der Waals surface area contributed by atoms with E-state index in [9.17, 15) is 9.50 Å². The molecule has 59 heavy (non-hydrogen) atoms. The van der Waals surface area contributed by atoms with Gasteiger partial charge in [-0.05, 0) is 66.5 Å². The highest BCUT2D eigenvalue weighted by molar-refractivity contribution is 7.26. The molecule has 9 rings (SSSR count). The van der Waals surface area contributed by atoms with E-state index in [1.165, 1.54) is 17.4 Å². The van der Waals surface area contributed by atoms with Crippen LogP contribution in [-0.4, -0.2) is 107 Å². The first-order chi connectivity index (χ1) is 28.2. The molecule has 2 N–H and O–H groups in total. The molecule has 0 unspecified atom stereocenters. The summed E-state index contributed by atoms with van der Waals surface area (Å²) in [6.07, 6.45) is 4.98. The van der Waals surface area contributed by atoms with E-state index in [4.69, 9.17) is 24.4 Å². The Bertz CT molecular complexity index is 2630. The molecule has 0 saturated carbocycles. The number of ether oxygens (including phenoxy) is 2. The van der Waals surface area contributed by atoms with Crippen LogP contribution in [0.1, 0.15) is 73.3 Å². The molecular weight excluding hydrogens is 785 g/mol. The van der Waals surface area contributed by atoms with Gasteiger partial charge in [-0.3, -0.25) is 15.0 Å². The number of aromatic nitrogens is 5. The van der Waals surface area contributed by atoms with Crippen LogP contribution < -0.4 is 9.64 Å². The van der Waals surface area contributed by atoms with Gasteiger partial charge in [-0.1, -0.05) is 53.5 Å². The van der Waals surface area contributed by atoms with Crippen LogP contribution in [0.2, 0.25) is 16.6 Å². The summed E-state index contributed by atoms with van der Waals surface area (Å²) in [5.74, 6) is 3.73. The maximum absolute atomic E-state index is 16.5. The summed E-state index contributed by atoms with van der Waals surface area (Å²) in [6, 6.07) is 7.51. The fourth-order valence-corrected chi connectivity index (χ4v) is 17.1. The summed E-state index contributed by atoms with van der Waals surface area (Å²) >= 11 is 1.48. The topological polar surface area (TPSA) is 113 Å². The van der Waals surface area contributed by atoms with Gasteiger partial charge in [0.25, 0.3) is 0 Å². The van der Waals surface area contributed by atoms with Gasteiger partial charge in [-0.2, -0.15) is 15.1 Å². The number of thiophene rings is 1. The van der Waals surface area contributed by atoms with E-state index >= 15 is 4.39 Å². The molecule has 0 aliphatic carbocycles. The lowest BCUT2D eigenvalue weighted by Gasteiger charge is -2.38. The van der Waals surface area contributed by atoms with Crippen LogP contribution in [0.15, 0.2) is 36.7 Å². The van der Waals surface area contributed by atoms with Crippen molar-refractivity contribution in [1.29, 1.82) is 0 Å². The Morgan fingerprint density at radius 1 is 1.08 bits per heavy atom. The minimum atomic E-state index is -2.23. The van der Waals surface area contributed by atoms with Gasteiger partial charge in [0, 0.05) is 47.4 Å². The first-order valence-electron chi connectivity index (χ1n) is 21.0. The Kier molecular flexibility index (Phi) is 10.2. The number of β-amino-alcohol motifs (C(OH)–C–C–N with tert-alkyl or cyclic N) is 1. The average molecular weight is 838 g/mol. The van der Waals surface area contributed by atoms with Crippen molar-refractivity contribution in [3.05, 3.63) is 48.0 Å². The number of benzene rings is 2. The van der Waals surface area contributed by atoms with E-state index in [1.54, 1.807) is 19.3 Å². The van der Waals surface area contributed by atoms with Crippen molar-refractivity contribution in [3.8, 4) is 28.7 Å². The first kappa shape index (κ1) is 40.2. The molecule has 3 aliphatic rings. The zero-order valence-electron chi connectivity index (χ0n) is 35.0. The van der Waals surface area contributed by atoms with Crippen LogP contribution in [0.5, 0.6) is 6.01 Å². The van der Waals surface area contributed by atoms with Crippen molar-refractivity contribution in [2.24, 2.45) is 0 Å². The number of fused-ring (bicyclic) bond motifs is 6. The summed E-state index contributed by atoms with van der Waals surface area (Å²) in [6.45, 7) is 18.3. The van der Waals surface area contributed by atoms with Crippen molar-refractivity contribution >= 4 is 67.2 Å². The van der Waals surface area contributed by atoms with E-state index in [1.807, 2.05) is 23.1 Å². The van der Waals surface area contributed by atoms with Crippen molar-refractivity contribution in [2.45, 2.75) is 102 Å². The number of aliphatic hydroxyl groups is 1. The zero-order chi connectivity index (χ0) is 41.4. The van der Waals surface area contributed by atoms with Gasteiger partial charge in [-0.15, -0.1) is 16.9 Å². The molecular formula is C45H53F2N7O3SSi. The molecule has 7 heterocycles. The van der Waals surface area contributed by atoms with Crippen molar-refractivity contribution in [2.75, 3.05) is 50.9 Å². The minimum Gasteiger partial charge on any atom is -0.461 e. The molecule has 3 aliphatic heterocycles. The standard InChI is InChI=1S/C45H53F2N7O3SSi/c1-26(2)59(27(3)4,28(5)6)18-12-31-34(47)10-9-29-19-35-33(21-49-52-35)37(36(29)31)39-40-32(11-14-48-39)38-41(53-16-17-56-24-44(7,55)23-53)50-43(51-42(38)58-40)57-25-45-13-8-15-54(45)22-30(46)20-45/h9-11,14,19,21,26-28,30,55H,8,13,15-17,20,22-25H2,1-7H3,(H,49,52)/t30-,44+,45+/m1/s1. The molecule has 3 atom stereocenters. The Morgan fingerprint density at radius 2 is 1.88 bits per heavy atom. The van der Waals surface area contributed by atoms with Crippen LogP contribution in [0.25, 0.3) is 53.2 Å². The third-order valence-corrected chi connectivity index (χ3v) is 20.8. The zero-order valence-corrected chi connectivity index (χ0v) is 36.8. The van der Waals surface area contributed by atoms with Crippen molar-refractivity contribution in [1.82, 2.24) is 30.0 Å². The fourth-order valence-electron chi connectivity index (χ4n) is 10.7. The monoisotopic (exact) mass is 837 g/mol. The number of rotatable bonds is 8. The molecule has 0 amide bonds. The number of halogens is 2. The summed E-state index contributed by atoms with van der Waals surface area (Å²) in [5, 5.41) is 23.0. The summed E-state index contributed by atoms with van der Waals surface area (Å²) in [5.41, 5.74) is 5.99. The number of H-pyrrole nitrogens is 1. The Balaban J connectivity index is 1.27. The number of nitrogens with zero attached hydrogens (tertiary/aromatic N) is 6. The Hall–Kier alpha value is -4.26. The smallest absolute Gasteiger partial charge is 0.319 e. The largest absolute Gasteiger partial charge is 0.461 e. The number of nitrogens with one attached hydrogen (secondary N) is 1. The van der Waals surface area contributed by atoms with Gasteiger partial charge in [0.15, 0.2) is 0 Å². The fraction of sp³-hybridized carbons (Fsp3) is 0.511. The van der Waals surface area contributed by atoms with Crippen LogP contribution in [0, 0.1) is 17.3 Å². The Labute approximate surface area is 348 Å². The third kappa shape index (κ3) is 6.77. The van der Waals surface area contributed by atoms with Crippen LogP contribution in [-0.2, 0) is 4.74 Å². The van der Waals surface area contributed by atoms with E-state index in [2.05, 4.69) is 68.1 Å². The van der Waals surface area contributed by atoms with Crippen molar-refractivity contribution < 1.29 is 23.4 Å². The van der Waals surface area contributed by atoms with Gasteiger partial charge in [0.05, 0.1) is 58.4 Å². The molecule has 0 radical (unpaired) electrons. The average Bonchev–Trinajstić information content (AvgIpc) is 3.94. The number of pyridine rings is 1. The molecule has 3 saturated heterocycles. The second kappa shape index (κ2) is 15.0. The molecule has 10 nitrogen and oxygen atoms in total. The quantitative estimate of drug-likeness (QED) is 0.115. The SMILES string of the molecule is CC(C)[Si](C#Cc1c(F)ccc2cc3[nH]ncc3c(-c3nccc4c3sc3nc(OC[C@@]56CCCN5C[C@H](F)C6)nc(N5CCOC[C@@](C)(O)C5)c34)c12)(C(C)C)C(C)C. The second-order valence-electron chi connectivity index (χ2n) is 18.2. The van der Waals surface area contributed by atoms with Gasteiger partial charge in [0.1, 0.15) is 42.9 Å². The van der Waals surface area contributed by atoms with Gasteiger partial charge in [-0.25, -0.2) is 8.78 Å². The lowest BCUT2D eigenvalue weighted by molar-refractivity contribution is -0.0123. The van der Waals surface area contributed by atoms with E-state index < -0.39 is 19.8 Å². The molecule has 4 aromatic heterocycles. The Morgan fingerprint density at radius 3 is 2.66 bits per heavy atom. The maximum atomic E-state index is 16.5. The maximum Gasteiger partial charge on any atom is 0.319 e. The molecule has 2 aromatic carbocycles. The summed E-state index contributed by atoms with van der Waals surface area (Å²) in [7, 11) is -2.23. The number of hydrogen-bond acceptors (Lipinski definition) is 10. The van der Waals surface area contributed by atoms with Crippen LogP contribution in [0.4, 0.5) is 14.6 Å². The van der Waals surface area contributed by atoms with Crippen LogP contribution >= 0.6 is 11.3 Å². The van der Waals surface area contributed by atoms with Gasteiger partial charge < -0.3 is 19.5 Å². The normalized spacial score (nSPS) is 23.0. The highest BCUT2D eigenvalue weighted by Gasteiger charge is 2.49. The molecule has 310 valence electrons. The number of hydrogen-bond donors (Lipinski definition) is 2. The minimum absolute atomic E-state index is 0.195. The highest BCUT2D eigenvalue weighted by atomic mass is 32.1. The molecule has 0 spiro atoms. The predicted octanol–water partition coefficient (Wildman–Crippen LogP) is 9.19. The van der Waals surface area contributed by atoms with E-state index in [0.717, 1.165) is 56.7 Å². The summed E-state index contributed by atoms with van der Waals surface area (Å²) in [4.78, 5) is 20.1. The van der Waals surface area contributed by atoms with E-state index in [0.29, 0.717) is 70.0 Å². The van der Waals surface area contributed by atoms with Crippen LogP contribution in [0.3, 0.4) is 0 Å². The highest BCUT2D eigenvalue weighted by Crippen LogP contribution is 2.47. The lowest BCUT2D eigenvalue weighted by atomic mass is 9.93. The number of anilines is 1. The third-order valence-electron chi connectivity index (χ3n) is 13.4. The molecule has 3 fully saturated rings. The van der Waals surface area contributed by atoms with Gasteiger partial charge >= 0.3 is 6.01 Å². The predicted molar refractivity (Wildman–Crippen MR) is 235 cm³/mol. The van der Waals surface area contributed by atoms with Crippen molar-refractivity contribution in [3.63, 3.8) is 0 Å². The number of aromatic amines is 1. The molecule has 0 bridgehead atoms. The van der Waals surface area contributed by atoms with E-state index in [-0.39, 0.29) is 37.1 Å². The lowest BCUT2D eigenvalue weighted by Crippen LogP contribution is -2.43. The van der Waals surface area contributed by atoms with Gasteiger partial charge in [0.2, 0.25) is 0 Å². The first-order valence-corrected chi connectivity index (χ1v) is 24.0. The molecule has 6 aromatic rings.